The van der Waals surface area contributed by atoms with Gasteiger partial charge in [-0.1, -0.05) is 39.0 Å². The molecular formula is C14H26N2O3. The van der Waals surface area contributed by atoms with E-state index < -0.39 is 12.0 Å². The topological polar surface area (TPSA) is 78.4 Å². The van der Waals surface area contributed by atoms with Gasteiger partial charge in [0.15, 0.2) is 0 Å². The van der Waals surface area contributed by atoms with Gasteiger partial charge in [-0.15, -0.1) is 0 Å². The van der Waals surface area contributed by atoms with Gasteiger partial charge >= 0.3 is 12.0 Å². The van der Waals surface area contributed by atoms with Crippen molar-refractivity contribution < 1.29 is 14.7 Å². The molecule has 0 bridgehead atoms. The van der Waals surface area contributed by atoms with Gasteiger partial charge in [0.2, 0.25) is 0 Å². The van der Waals surface area contributed by atoms with Gasteiger partial charge in [0.25, 0.3) is 0 Å². The number of carboxylic acid groups (broad SMARTS) is 1. The first-order chi connectivity index (χ1) is 8.97. The Bertz CT molecular complexity index is 312. The Hall–Kier alpha value is -1.26. The Balaban J connectivity index is 2.45. The lowest BCUT2D eigenvalue weighted by atomic mass is 9.83. The van der Waals surface area contributed by atoms with Crippen molar-refractivity contribution in [2.24, 2.45) is 0 Å². The second kappa shape index (κ2) is 7.36. The fraction of sp³-hybridized carbons (Fsp3) is 0.857. The van der Waals surface area contributed by atoms with Crippen molar-refractivity contribution in [3.05, 3.63) is 0 Å². The number of carbonyl (C=O) groups excluding carboxylic acids is 1. The van der Waals surface area contributed by atoms with Crippen molar-refractivity contribution in [3.63, 3.8) is 0 Å². The highest BCUT2D eigenvalue weighted by Gasteiger charge is 2.29. The van der Waals surface area contributed by atoms with Crippen LogP contribution in [-0.2, 0) is 4.79 Å². The Morgan fingerprint density at radius 2 is 1.89 bits per heavy atom. The van der Waals surface area contributed by atoms with Crippen LogP contribution < -0.4 is 10.6 Å². The van der Waals surface area contributed by atoms with Crippen LogP contribution in [0.25, 0.3) is 0 Å². The first kappa shape index (κ1) is 15.8. The smallest absolute Gasteiger partial charge is 0.326 e. The minimum absolute atomic E-state index is 0.184. The molecule has 0 aromatic rings. The molecular weight excluding hydrogens is 244 g/mol. The molecule has 0 spiro atoms. The van der Waals surface area contributed by atoms with Crippen LogP contribution in [0, 0.1) is 0 Å². The summed E-state index contributed by atoms with van der Waals surface area (Å²) in [5, 5.41) is 14.6. The molecule has 0 unspecified atom stereocenters. The number of hydrogen-bond acceptors (Lipinski definition) is 2. The van der Waals surface area contributed by atoms with E-state index in [0.29, 0.717) is 6.42 Å². The Morgan fingerprint density at radius 3 is 2.42 bits per heavy atom. The fourth-order valence-corrected chi connectivity index (χ4v) is 2.59. The maximum absolute atomic E-state index is 11.9. The molecule has 5 heteroatoms. The van der Waals surface area contributed by atoms with Gasteiger partial charge in [-0.3, -0.25) is 0 Å². The van der Waals surface area contributed by atoms with E-state index in [9.17, 15) is 9.59 Å². The highest BCUT2D eigenvalue weighted by Crippen LogP contribution is 2.27. The number of carboxylic acids is 1. The van der Waals surface area contributed by atoms with Crippen molar-refractivity contribution in [1.29, 1.82) is 0 Å². The van der Waals surface area contributed by atoms with Crippen LogP contribution in [0.5, 0.6) is 0 Å². The minimum atomic E-state index is -0.961. The standard InChI is InChI=1S/C14H26N2O3/c1-3-4-8-11(12(17)18)15-13(19)16-14(2)9-6-5-7-10-14/h11H,3-10H2,1-2H3,(H,17,18)(H2,15,16,19)/t11-/m0/s1. The van der Waals surface area contributed by atoms with Gasteiger partial charge in [0, 0.05) is 5.54 Å². The van der Waals surface area contributed by atoms with Crippen LogP contribution in [0.2, 0.25) is 0 Å². The van der Waals surface area contributed by atoms with Gasteiger partial charge in [-0.2, -0.15) is 0 Å². The summed E-state index contributed by atoms with van der Waals surface area (Å²) in [5.74, 6) is -0.961. The molecule has 1 fully saturated rings. The lowest BCUT2D eigenvalue weighted by molar-refractivity contribution is -0.139. The molecule has 1 saturated carbocycles. The Kier molecular flexibility index (Phi) is 6.12. The first-order valence-electron chi connectivity index (χ1n) is 7.28. The third-order valence-corrected chi connectivity index (χ3v) is 3.82. The molecule has 1 atom stereocenters. The normalized spacial score (nSPS) is 19.5. The number of hydrogen-bond donors (Lipinski definition) is 3. The van der Waals surface area contributed by atoms with Crippen LogP contribution in [0.3, 0.4) is 0 Å². The molecule has 0 aliphatic heterocycles. The van der Waals surface area contributed by atoms with E-state index >= 15 is 0 Å². The third kappa shape index (κ3) is 5.49. The SMILES string of the molecule is CCCC[C@H](NC(=O)NC1(C)CCCCC1)C(=O)O. The second-order valence-corrected chi connectivity index (χ2v) is 5.75. The summed E-state index contributed by atoms with van der Waals surface area (Å²) in [5.41, 5.74) is -0.184. The molecule has 1 aliphatic rings. The van der Waals surface area contributed by atoms with E-state index in [0.717, 1.165) is 38.5 Å². The molecule has 0 radical (unpaired) electrons. The zero-order valence-electron chi connectivity index (χ0n) is 12.0. The van der Waals surface area contributed by atoms with Crippen molar-refractivity contribution in [1.82, 2.24) is 10.6 Å². The van der Waals surface area contributed by atoms with Crippen LogP contribution in [0.4, 0.5) is 4.79 Å². The summed E-state index contributed by atoms with van der Waals surface area (Å²) < 4.78 is 0. The molecule has 1 aliphatic carbocycles. The predicted molar refractivity (Wildman–Crippen MR) is 74.1 cm³/mol. The maximum Gasteiger partial charge on any atom is 0.326 e. The van der Waals surface area contributed by atoms with E-state index in [4.69, 9.17) is 5.11 Å². The van der Waals surface area contributed by atoms with E-state index in [2.05, 4.69) is 10.6 Å². The molecule has 19 heavy (non-hydrogen) atoms. The van der Waals surface area contributed by atoms with E-state index in [1.807, 2.05) is 13.8 Å². The zero-order valence-corrected chi connectivity index (χ0v) is 12.0. The van der Waals surface area contributed by atoms with Crippen molar-refractivity contribution in [3.8, 4) is 0 Å². The highest BCUT2D eigenvalue weighted by molar-refractivity contribution is 5.82. The largest absolute Gasteiger partial charge is 0.480 e. The number of aliphatic carboxylic acids is 1. The van der Waals surface area contributed by atoms with Gasteiger partial charge in [0.05, 0.1) is 0 Å². The van der Waals surface area contributed by atoms with E-state index in [1.165, 1.54) is 6.42 Å². The summed E-state index contributed by atoms with van der Waals surface area (Å²) in [6.07, 6.45) is 7.59. The molecule has 110 valence electrons. The number of nitrogens with one attached hydrogen (secondary N) is 2. The highest BCUT2D eigenvalue weighted by atomic mass is 16.4. The zero-order chi connectivity index (χ0) is 14.3. The molecule has 0 aromatic carbocycles. The number of rotatable bonds is 6. The minimum Gasteiger partial charge on any atom is -0.480 e. The van der Waals surface area contributed by atoms with Gasteiger partial charge in [-0.05, 0) is 26.2 Å². The van der Waals surface area contributed by atoms with Gasteiger partial charge < -0.3 is 15.7 Å². The van der Waals surface area contributed by atoms with E-state index in [1.54, 1.807) is 0 Å². The molecule has 1 rings (SSSR count). The number of urea groups is 1. The molecule has 0 saturated heterocycles. The van der Waals surface area contributed by atoms with Crippen LogP contribution in [0.1, 0.15) is 65.2 Å². The lowest BCUT2D eigenvalue weighted by Crippen LogP contribution is -2.54. The monoisotopic (exact) mass is 270 g/mol. The average molecular weight is 270 g/mol. The summed E-state index contributed by atoms with van der Waals surface area (Å²) in [4.78, 5) is 23.0. The second-order valence-electron chi connectivity index (χ2n) is 5.75. The molecule has 5 nitrogen and oxygen atoms in total. The van der Waals surface area contributed by atoms with Crippen molar-refractivity contribution in [2.45, 2.75) is 76.8 Å². The quantitative estimate of drug-likeness (QED) is 0.694. The molecule has 2 amide bonds. The maximum atomic E-state index is 11.9. The molecule has 0 heterocycles. The number of amides is 2. The average Bonchev–Trinajstić information content (AvgIpc) is 2.34. The van der Waals surface area contributed by atoms with Gasteiger partial charge in [-0.25, -0.2) is 9.59 Å². The molecule has 3 N–H and O–H groups in total. The third-order valence-electron chi connectivity index (χ3n) is 3.82. The summed E-state index contributed by atoms with van der Waals surface area (Å²) in [6.45, 7) is 4.04. The van der Waals surface area contributed by atoms with Gasteiger partial charge in [0.1, 0.15) is 6.04 Å². The summed E-state index contributed by atoms with van der Waals surface area (Å²) >= 11 is 0. The summed E-state index contributed by atoms with van der Waals surface area (Å²) in [7, 11) is 0. The van der Waals surface area contributed by atoms with Crippen LogP contribution in [0.15, 0.2) is 0 Å². The van der Waals surface area contributed by atoms with E-state index in [-0.39, 0.29) is 11.6 Å². The Labute approximate surface area is 115 Å². The Morgan fingerprint density at radius 1 is 1.26 bits per heavy atom. The predicted octanol–water partition coefficient (Wildman–Crippen LogP) is 2.65. The van der Waals surface area contributed by atoms with Crippen LogP contribution in [-0.4, -0.2) is 28.7 Å². The van der Waals surface area contributed by atoms with Crippen molar-refractivity contribution >= 4 is 12.0 Å². The van der Waals surface area contributed by atoms with Crippen molar-refractivity contribution in [2.75, 3.05) is 0 Å². The number of unbranched alkanes of at least 4 members (excludes halogenated alkanes) is 1. The summed E-state index contributed by atoms with van der Waals surface area (Å²) in [6, 6.07) is -1.14. The number of carbonyl (C=O) groups is 2. The molecule has 0 aromatic heterocycles. The van der Waals surface area contributed by atoms with Crippen LogP contribution >= 0.6 is 0 Å². The fourth-order valence-electron chi connectivity index (χ4n) is 2.59. The lowest BCUT2D eigenvalue weighted by Gasteiger charge is -2.34. The first-order valence-corrected chi connectivity index (χ1v) is 7.28.